The highest BCUT2D eigenvalue weighted by atomic mass is 32.1. The van der Waals surface area contributed by atoms with Gasteiger partial charge in [0.1, 0.15) is 5.75 Å². The molecule has 0 saturated heterocycles. The van der Waals surface area contributed by atoms with Crippen LogP contribution in [0.2, 0.25) is 0 Å². The summed E-state index contributed by atoms with van der Waals surface area (Å²) < 4.78 is 15.8. The van der Waals surface area contributed by atoms with Gasteiger partial charge in [0.05, 0.1) is 27.4 Å². The van der Waals surface area contributed by atoms with E-state index < -0.39 is 6.10 Å². The van der Waals surface area contributed by atoms with E-state index >= 15 is 0 Å². The number of thiophene rings is 1. The predicted molar refractivity (Wildman–Crippen MR) is 79.1 cm³/mol. The summed E-state index contributed by atoms with van der Waals surface area (Å²) in [5.74, 6) is 1.74. The van der Waals surface area contributed by atoms with E-state index in [0.29, 0.717) is 29.2 Å². The lowest BCUT2D eigenvalue weighted by atomic mass is 10.0. The van der Waals surface area contributed by atoms with Crippen molar-refractivity contribution in [2.75, 3.05) is 21.3 Å². The molecule has 0 spiro atoms. The first-order valence-electron chi connectivity index (χ1n) is 6.18. The summed E-state index contributed by atoms with van der Waals surface area (Å²) >= 11 is 1.61. The summed E-state index contributed by atoms with van der Waals surface area (Å²) in [6.07, 6.45) is -0.116. The van der Waals surface area contributed by atoms with Crippen molar-refractivity contribution in [3.63, 3.8) is 0 Å². The molecule has 2 rings (SSSR count). The van der Waals surface area contributed by atoms with Crippen LogP contribution < -0.4 is 14.2 Å². The molecule has 108 valence electrons. The molecule has 1 aromatic heterocycles. The first-order valence-corrected chi connectivity index (χ1v) is 7.13. The fraction of sp³-hybridized carbons (Fsp3) is 0.333. The van der Waals surface area contributed by atoms with Crippen LogP contribution in [-0.4, -0.2) is 26.4 Å². The van der Waals surface area contributed by atoms with Crippen molar-refractivity contribution in [1.82, 2.24) is 0 Å². The lowest BCUT2D eigenvalue weighted by Gasteiger charge is -2.17. The van der Waals surface area contributed by atoms with Crippen LogP contribution in [0, 0.1) is 0 Å². The highest BCUT2D eigenvalue weighted by Crippen LogP contribution is 2.38. The molecule has 1 N–H and O–H groups in total. The second kappa shape index (κ2) is 6.63. The normalized spacial score (nSPS) is 12.0. The van der Waals surface area contributed by atoms with E-state index in [9.17, 15) is 5.11 Å². The zero-order chi connectivity index (χ0) is 14.5. The number of aliphatic hydroxyl groups excluding tert-OH is 1. The van der Waals surface area contributed by atoms with E-state index in [1.165, 1.54) is 0 Å². The molecule has 0 saturated carbocycles. The number of methoxy groups -OCH3 is 3. The maximum Gasteiger partial charge on any atom is 0.164 e. The van der Waals surface area contributed by atoms with Crippen molar-refractivity contribution in [3.05, 3.63) is 40.1 Å². The van der Waals surface area contributed by atoms with Gasteiger partial charge in [0.25, 0.3) is 0 Å². The molecule has 0 radical (unpaired) electrons. The molecule has 5 heteroatoms. The summed E-state index contributed by atoms with van der Waals surface area (Å²) in [4.78, 5) is 0. The van der Waals surface area contributed by atoms with Gasteiger partial charge in [-0.05, 0) is 28.5 Å². The van der Waals surface area contributed by atoms with Gasteiger partial charge in [0.2, 0.25) is 0 Å². The molecule has 1 atom stereocenters. The van der Waals surface area contributed by atoms with Gasteiger partial charge in [-0.1, -0.05) is 0 Å². The SMILES string of the molecule is COc1cc(OC)c(C(O)Cc2ccsc2)cc1OC. The van der Waals surface area contributed by atoms with E-state index in [-0.39, 0.29) is 0 Å². The van der Waals surface area contributed by atoms with Crippen molar-refractivity contribution in [2.24, 2.45) is 0 Å². The number of benzene rings is 1. The standard InChI is InChI=1S/C15H18O4S/c1-17-13-8-15(19-3)14(18-2)7-11(13)12(16)6-10-4-5-20-9-10/h4-5,7-9,12,16H,6H2,1-3H3. The topological polar surface area (TPSA) is 47.9 Å². The molecule has 0 aliphatic heterocycles. The molecule has 0 amide bonds. The van der Waals surface area contributed by atoms with E-state index in [2.05, 4.69) is 0 Å². The van der Waals surface area contributed by atoms with Crippen molar-refractivity contribution >= 4 is 11.3 Å². The van der Waals surface area contributed by atoms with E-state index in [4.69, 9.17) is 14.2 Å². The summed E-state index contributed by atoms with van der Waals surface area (Å²) in [6.45, 7) is 0. The fourth-order valence-electron chi connectivity index (χ4n) is 2.06. The molecule has 1 aromatic carbocycles. The third-order valence-corrected chi connectivity index (χ3v) is 3.84. The summed E-state index contributed by atoms with van der Waals surface area (Å²) in [6, 6.07) is 5.49. The summed E-state index contributed by atoms with van der Waals surface area (Å²) in [5, 5.41) is 14.4. The fourth-order valence-corrected chi connectivity index (χ4v) is 2.74. The minimum atomic E-state index is -0.653. The monoisotopic (exact) mass is 294 g/mol. The molecule has 0 aliphatic rings. The Morgan fingerprint density at radius 1 is 1.05 bits per heavy atom. The van der Waals surface area contributed by atoms with Crippen molar-refractivity contribution in [3.8, 4) is 17.2 Å². The number of aliphatic hydroxyl groups is 1. The second-order valence-corrected chi connectivity index (χ2v) is 5.08. The van der Waals surface area contributed by atoms with Gasteiger partial charge >= 0.3 is 0 Å². The number of hydrogen-bond donors (Lipinski definition) is 1. The van der Waals surface area contributed by atoms with Crippen LogP contribution in [0.5, 0.6) is 17.2 Å². The van der Waals surface area contributed by atoms with Crippen LogP contribution in [-0.2, 0) is 6.42 Å². The quantitative estimate of drug-likeness (QED) is 0.889. The van der Waals surface area contributed by atoms with Crippen molar-refractivity contribution in [1.29, 1.82) is 0 Å². The minimum absolute atomic E-state index is 0.537. The second-order valence-electron chi connectivity index (χ2n) is 4.30. The molecule has 4 nitrogen and oxygen atoms in total. The minimum Gasteiger partial charge on any atom is -0.496 e. The summed E-state index contributed by atoms with van der Waals surface area (Å²) in [5.41, 5.74) is 1.79. The van der Waals surface area contributed by atoms with E-state index in [1.807, 2.05) is 16.8 Å². The number of hydrogen-bond acceptors (Lipinski definition) is 5. The zero-order valence-electron chi connectivity index (χ0n) is 11.8. The van der Waals surface area contributed by atoms with Crippen LogP contribution in [0.25, 0.3) is 0 Å². The highest BCUT2D eigenvalue weighted by Gasteiger charge is 2.18. The van der Waals surface area contributed by atoms with Crippen LogP contribution >= 0.6 is 11.3 Å². The van der Waals surface area contributed by atoms with Gasteiger partial charge in [0, 0.05) is 18.1 Å². The first kappa shape index (κ1) is 14.7. The van der Waals surface area contributed by atoms with E-state index in [0.717, 1.165) is 5.56 Å². The number of rotatable bonds is 6. The molecule has 0 bridgehead atoms. The van der Waals surface area contributed by atoms with Gasteiger partial charge in [-0.2, -0.15) is 11.3 Å². The molecule has 20 heavy (non-hydrogen) atoms. The molecule has 1 unspecified atom stereocenters. The summed E-state index contributed by atoms with van der Waals surface area (Å²) in [7, 11) is 4.71. The van der Waals surface area contributed by atoms with Crippen molar-refractivity contribution in [2.45, 2.75) is 12.5 Å². The Hall–Kier alpha value is -1.72. The zero-order valence-corrected chi connectivity index (χ0v) is 12.6. The average Bonchev–Trinajstić information content (AvgIpc) is 2.98. The van der Waals surface area contributed by atoms with Crippen LogP contribution in [0.3, 0.4) is 0 Å². The van der Waals surface area contributed by atoms with Gasteiger partial charge in [-0.25, -0.2) is 0 Å². The first-order chi connectivity index (χ1) is 9.69. The Bertz CT molecular complexity index is 551. The molecule has 0 aliphatic carbocycles. The van der Waals surface area contributed by atoms with Gasteiger partial charge < -0.3 is 19.3 Å². The number of ether oxygens (including phenoxy) is 3. The van der Waals surface area contributed by atoms with Crippen LogP contribution in [0.15, 0.2) is 29.0 Å². The lowest BCUT2D eigenvalue weighted by Crippen LogP contribution is -2.05. The molecular formula is C15H18O4S. The Balaban J connectivity index is 2.33. The average molecular weight is 294 g/mol. The Kier molecular flexibility index (Phi) is 4.87. The lowest BCUT2D eigenvalue weighted by molar-refractivity contribution is 0.173. The van der Waals surface area contributed by atoms with Crippen LogP contribution in [0.4, 0.5) is 0 Å². The maximum atomic E-state index is 10.4. The van der Waals surface area contributed by atoms with Gasteiger partial charge in [-0.15, -0.1) is 0 Å². The maximum absolute atomic E-state index is 10.4. The van der Waals surface area contributed by atoms with E-state index in [1.54, 1.807) is 44.8 Å². The molecular weight excluding hydrogens is 276 g/mol. The molecule has 2 aromatic rings. The van der Waals surface area contributed by atoms with Gasteiger partial charge in [0.15, 0.2) is 11.5 Å². The third kappa shape index (κ3) is 3.05. The Morgan fingerprint density at radius 2 is 1.70 bits per heavy atom. The smallest absolute Gasteiger partial charge is 0.164 e. The molecule has 0 fully saturated rings. The Morgan fingerprint density at radius 3 is 2.25 bits per heavy atom. The van der Waals surface area contributed by atoms with Crippen LogP contribution in [0.1, 0.15) is 17.2 Å². The molecule has 1 heterocycles. The third-order valence-electron chi connectivity index (χ3n) is 3.10. The highest BCUT2D eigenvalue weighted by molar-refractivity contribution is 7.07. The van der Waals surface area contributed by atoms with Crippen molar-refractivity contribution < 1.29 is 19.3 Å². The predicted octanol–water partition coefficient (Wildman–Crippen LogP) is 3.05. The Labute approximate surface area is 122 Å². The largest absolute Gasteiger partial charge is 0.496 e. The van der Waals surface area contributed by atoms with Gasteiger partial charge in [-0.3, -0.25) is 0 Å².